The fourth-order valence-electron chi connectivity index (χ4n) is 2.87. The lowest BCUT2D eigenvalue weighted by Gasteiger charge is -2.23. The van der Waals surface area contributed by atoms with Crippen LogP contribution in [0.3, 0.4) is 0 Å². The van der Waals surface area contributed by atoms with E-state index in [1.807, 2.05) is 11.4 Å². The molecule has 1 aliphatic rings. The number of aryl methyl sites for hydroxylation is 1. The smallest absolute Gasteiger partial charge is 0.212 e. The van der Waals surface area contributed by atoms with E-state index in [1.54, 1.807) is 11.3 Å². The summed E-state index contributed by atoms with van der Waals surface area (Å²) < 4.78 is 2.04. The van der Waals surface area contributed by atoms with Gasteiger partial charge in [0.05, 0.1) is 5.69 Å². The van der Waals surface area contributed by atoms with Gasteiger partial charge in [-0.05, 0) is 18.9 Å². The van der Waals surface area contributed by atoms with Crippen LogP contribution in [0.4, 0.5) is 0 Å². The molecule has 20 heavy (non-hydrogen) atoms. The maximum absolute atomic E-state index is 4.52. The van der Waals surface area contributed by atoms with E-state index in [-0.39, 0.29) is 0 Å². The summed E-state index contributed by atoms with van der Waals surface area (Å²) in [4.78, 5) is 6.92. The number of thiazole rings is 1. The second-order valence-electron chi connectivity index (χ2n) is 5.21. The summed E-state index contributed by atoms with van der Waals surface area (Å²) in [6.07, 6.45) is 2.06. The molecule has 4 nitrogen and oxygen atoms in total. The van der Waals surface area contributed by atoms with Crippen molar-refractivity contribution in [2.45, 2.75) is 25.8 Å². The van der Waals surface area contributed by atoms with E-state index in [0.29, 0.717) is 6.04 Å². The standard InChI is InChI=1S/C15H16N4S/c1-10-17-15-19(18-10)13-7-8-16-12(14(13)20-15)9-11-5-3-2-4-6-11/h2-6,12,16H,7-9H2,1H3. The molecule has 5 heteroatoms. The highest BCUT2D eigenvalue weighted by atomic mass is 32.1. The summed E-state index contributed by atoms with van der Waals surface area (Å²) in [6, 6.07) is 11.0. The molecule has 0 saturated heterocycles. The van der Waals surface area contributed by atoms with Crippen LogP contribution < -0.4 is 5.32 Å². The first-order valence-electron chi connectivity index (χ1n) is 6.93. The lowest BCUT2D eigenvalue weighted by molar-refractivity contribution is 0.501. The van der Waals surface area contributed by atoms with Crippen molar-refractivity contribution in [3.05, 3.63) is 52.3 Å². The van der Waals surface area contributed by atoms with E-state index in [2.05, 4.69) is 45.7 Å². The van der Waals surface area contributed by atoms with Gasteiger partial charge in [0.2, 0.25) is 4.96 Å². The molecule has 0 radical (unpaired) electrons. The molecule has 3 aromatic rings. The van der Waals surface area contributed by atoms with Crippen LogP contribution in [0, 0.1) is 6.92 Å². The normalized spacial score (nSPS) is 18.4. The van der Waals surface area contributed by atoms with Crippen LogP contribution in [-0.4, -0.2) is 21.1 Å². The average Bonchev–Trinajstić information content (AvgIpc) is 2.97. The number of rotatable bonds is 2. The first kappa shape index (κ1) is 12.1. The number of benzene rings is 1. The van der Waals surface area contributed by atoms with Crippen molar-refractivity contribution in [3.8, 4) is 0 Å². The molecular formula is C15H16N4S. The fraction of sp³-hybridized carbons (Fsp3) is 0.333. The topological polar surface area (TPSA) is 42.2 Å². The van der Waals surface area contributed by atoms with Gasteiger partial charge in [-0.25, -0.2) is 9.50 Å². The van der Waals surface area contributed by atoms with Gasteiger partial charge >= 0.3 is 0 Å². The van der Waals surface area contributed by atoms with E-state index in [9.17, 15) is 0 Å². The van der Waals surface area contributed by atoms with Crippen molar-refractivity contribution in [1.82, 2.24) is 19.9 Å². The summed E-state index contributed by atoms with van der Waals surface area (Å²) in [5.41, 5.74) is 2.71. The molecule has 0 amide bonds. The van der Waals surface area contributed by atoms with Gasteiger partial charge in [0, 0.05) is 23.9 Å². The van der Waals surface area contributed by atoms with Crippen LogP contribution in [-0.2, 0) is 12.8 Å². The molecule has 0 saturated carbocycles. The zero-order valence-electron chi connectivity index (χ0n) is 11.3. The zero-order chi connectivity index (χ0) is 13.5. The van der Waals surface area contributed by atoms with E-state index in [1.165, 1.54) is 16.1 Å². The molecule has 3 heterocycles. The van der Waals surface area contributed by atoms with Crippen LogP contribution in [0.15, 0.2) is 30.3 Å². The Morgan fingerprint density at radius 2 is 2.20 bits per heavy atom. The molecular weight excluding hydrogens is 268 g/mol. The average molecular weight is 284 g/mol. The number of nitrogens with one attached hydrogen (secondary N) is 1. The predicted molar refractivity (Wildman–Crippen MR) is 80.2 cm³/mol. The molecule has 102 valence electrons. The number of hydrogen-bond acceptors (Lipinski definition) is 4. The molecule has 0 spiro atoms. The van der Waals surface area contributed by atoms with Crippen LogP contribution in [0.1, 0.15) is 28.0 Å². The summed E-state index contributed by atoms with van der Waals surface area (Å²) in [6.45, 7) is 2.96. The van der Waals surface area contributed by atoms with E-state index < -0.39 is 0 Å². The second kappa shape index (κ2) is 4.68. The van der Waals surface area contributed by atoms with Crippen molar-refractivity contribution >= 4 is 16.3 Å². The highest BCUT2D eigenvalue weighted by Gasteiger charge is 2.26. The SMILES string of the molecule is Cc1nc2sc3c(n2n1)CCNC3Cc1ccccc1. The first-order chi connectivity index (χ1) is 9.81. The molecule has 0 bridgehead atoms. The molecule has 4 rings (SSSR count). The maximum atomic E-state index is 4.52. The molecule has 1 aromatic carbocycles. The van der Waals surface area contributed by atoms with Crippen molar-refractivity contribution < 1.29 is 0 Å². The minimum Gasteiger partial charge on any atom is -0.309 e. The fourth-order valence-corrected chi connectivity index (χ4v) is 4.10. The van der Waals surface area contributed by atoms with Gasteiger partial charge in [-0.3, -0.25) is 0 Å². The Labute approximate surface area is 121 Å². The van der Waals surface area contributed by atoms with E-state index in [0.717, 1.165) is 30.2 Å². The molecule has 1 aliphatic heterocycles. The van der Waals surface area contributed by atoms with Gasteiger partial charge in [-0.2, -0.15) is 5.10 Å². The van der Waals surface area contributed by atoms with E-state index >= 15 is 0 Å². The van der Waals surface area contributed by atoms with Gasteiger partial charge in [-0.15, -0.1) is 0 Å². The first-order valence-corrected chi connectivity index (χ1v) is 7.75. The highest BCUT2D eigenvalue weighted by Crippen LogP contribution is 2.32. The molecule has 0 fully saturated rings. The third-order valence-corrected chi connectivity index (χ3v) is 4.96. The van der Waals surface area contributed by atoms with Gasteiger partial charge in [0.1, 0.15) is 5.82 Å². The van der Waals surface area contributed by atoms with E-state index in [4.69, 9.17) is 0 Å². The molecule has 1 N–H and O–H groups in total. The Morgan fingerprint density at radius 3 is 3.05 bits per heavy atom. The van der Waals surface area contributed by atoms with Gasteiger partial charge in [0.15, 0.2) is 0 Å². The minimum atomic E-state index is 0.384. The molecule has 1 atom stereocenters. The van der Waals surface area contributed by atoms with Crippen LogP contribution in [0.25, 0.3) is 4.96 Å². The lowest BCUT2D eigenvalue weighted by Crippen LogP contribution is -2.30. The monoisotopic (exact) mass is 284 g/mol. The largest absolute Gasteiger partial charge is 0.309 e. The van der Waals surface area contributed by atoms with Crippen molar-refractivity contribution in [2.75, 3.05) is 6.54 Å². The Hall–Kier alpha value is -1.72. The Balaban J connectivity index is 1.73. The van der Waals surface area contributed by atoms with Crippen molar-refractivity contribution in [2.24, 2.45) is 0 Å². The minimum absolute atomic E-state index is 0.384. The maximum Gasteiger partial charge on any atom is 0.212 e. The van der Waals surface area contributed by atoms with Gasteiger partial charge < -0.3 is 5.32 Å². The Bertz CT molecular complexity index is 744. The number of nitrogens with zero attached hydrogens (tertiary/aromatic N) is 3. The Morgan fingerprint density at radius 1 is 1.35 bits per heavy atom. The zero-order valence-corrected chi connectivity index (χ0v) is 12.2. The summed E-state index contributed by atoms with van der Waals surface area (Å²) in [5.74, 6) is 0.859. The quantitative estimate of drug-likeness (QED) is 0.786. The molecule has 2 aromatic heterocycles. The van der Waals surface area contributed by atoms with Crippen molar-refractivity contribution in [1.29, 1.82) is 0 Å². The van der Waals surface area contributed by atoms with Crippen LogP contribution >= 0.6 is 11.3 Å². The summed E-state index contributed by atoms with van der Waals surface area (Å²) in [5, 5.41) is 8.15. The number of fused-ring (bicyclic) bond motifs is 3. The van der Waals surface area contributed by atoms with Crippen LogP contribution in [0.5, 0.6) is 0 Å². The summed E-state index contributed by atoms with van der Waals surface area (Å²) >= 11 is 1.77. The lowest BCUT2D eigenvalue weighted by atomic mass is 10.00. The third-order valence-electron chi connectivity index (χ3n) is 3.78. The highest BCUT2D eigenvalue weighted by molar-refractivity contribution is 7.17. The summed E-state index contributed by atoms with van der Waals surface area (Å²) in [7, 11) is 0. The third kappa shape index (κ3) is 1.94. The van der Waals surface area contributed by atoms with Crippen LogP contribution in [0.2, 0.25) is 0 Å². The predicted octanol–water partition coefficient (Wildman–Crippen LogP) is 2.53. The Kier molecular flexibility index (Phi) is 2.82. The second-order valence-corrected chi connectivity index (χ2v) is 6.22. The van der Waals surface area contributed by atoms with Gasteiger partial charge in [0.25, 0.3) is 0 Å². The van der Waals surface area contributed by atoms with Gasteiger partial charge in [-0.1, -0.05) is 41.7 Å². The molecule has 1 unspecified atom stereocenters. The number of aromatic nitrogens is 3. The van der Waals surface area contributed by atoms with Crippen molar-refractivity contribution in [3.63, 3.8) is 0 Å². The molecule has 0 aliphatic carbocycles. The number of hydrogen-bond donors (Lipinski definition) is 1.